The van der Waals surface area contributed by atoms with E-state index in [0.717, 1.165) is 18.5 Å². The van der Waals surface area contributed by atoms with Crippen molar-refractivity contribution in [1.82, 2.24) is 9.88 Å². The second-order valence-corrected chi connectivity index (χ2v) is 6.52. The monoisotopic (exact) mass is 292 g/mol. The molecule has 1 aromatic heterocycles. The lowest BCUT2D eigenvalue weighted by atomic mass is 10.1. The van der Waals surface area contributed by atoms with E-state index in [1.54, 1.807) is 11.1 Å². The molecule has 5 heteroatoms. The minimum atomic E-state index is -0.448. The first-order chi connectivity index (χ1) is 9.85. The van der Waals surface area contributed by atoms with Crippen molar-refractivity contribution in [3.8, 4) is 5.88 Å². The maximum Gasteiger partial charge on any atom is 0.410 e. The summed E-state index contributed by atoms with van der Waals surface area (Å²) in [5.74, 6) is 1.01. The van der Waals surface area contributed by atoms with Gasteiger partial charge in [-0.2, -0.15) is 0 Å². The van der Waals surface area contributed by atoms with Gasteiger partial charge in [-0.15, -0.1) is 0 Å². The summed E-state index contributed by atoms with van der Waals surface area (Å²) < 4.78 is 11.1. The van der Waals surface area contributed by atoms with E-state index in [-0.39, 0.29) is 6.09 Å². The van der Waals surface area contributed by atoms with Crippen molar-refractivity contribution in [3.63, 3.8) is 0 Å². The summed E-state index contributed by atoms with van der Waals surface area (Å²) in [4.78, 5) is 18.0. The number of hydrogen-bond donors (Lipinski definition) is 0. The number of amides is 1. The minimum Gasteiger partial charge on any atom is -0.477 e. The largest absolute Gasteiger partial charge is 0.477 e. The summed E-state index contributed by atoms with van der Waals surface area (Å²) >= 11 is 0. The van der Waals surface area contributed by atoms with Crippen LogP contribution in [0.2, 0.25) is 0 Å². The van der Waals surface area contributed by atoms with Crippen LogP contribution >= 0.6 is 0 Å². The molecule has 0 aliphatic carbocycles. The summed E-state index contributed by atoms with van der Waals surface area (Å²) in [5, 5.41) is 0. The summed E-state index contributed by atoms with van der Waals surface area (Å²) in [6, 6.07) is 3.87. The first kappa shape index (κ1) is 15.6. The molecule has 0 unspecified atom stereocenters. The van der Waals surface area contributed by atoms with E-state index in [4.69, 9.17) is 9.47 Å². The van der Waals surface area contributed by atoms with Crippen LogP contribution in [0.3, 0.4) is 0 Å². The number of carbonyl (C=O) groups is 1. The molecule has 0 aromatic carbocycles. The fourth-order valence-electron chi connectivity index (χ4n) is 2.28. The Morgan fingerprint density at radius 1 is 1.48 bits per heavy atom. The molecule has 0 radical (unpaired) electrons. The van der Waals surface area contributed by atoms with Crippen molar-refractivity contribution in [2.45, 2.75) is 39.7 Å². The molecule has 2 heterocycles. The molecule has 1 atom stereocenters. The van der Waals surface area contributed by atoms with Gasteiger partial charge in [0.1, 0.15) is 5.60 Å². The third-order valence-electron chi connectivity index (χ3n) is 3.35. The van der Waals surface area contributed by atoms with Gasteiger partial charge in [0.2, 0.25) is 5.88 Å². The van der Waals surface area contributed by atoms with Crippen molar-refractivity contribution in [2.75, 3.05) is 19.7 Å². The van der Waals surface area contributed by atoms with Crippen LogP contribution in [0.1, 0.15) is 32.8 Å². The van der Waals surface area contributed by atoms with Gasteiger partial charge in [-0.1, -0.05) is 6.07 Å². The molecule has 2 rings (SSSR count). The molecule has 1 aliphatic rings. The molecule has 1 aromatic rings. The third kappa shape index (κ3) is 4.62. The van der Waals surface area contributed by atoms with Gasteiger partial charge < -0.3 is 14.4 Å². The van der Waals surface area contributed by atoms with Gasteiger partial charge in [0.15, 0.2) is 0 Å². The molecule has 0 spiro atoms. The Balaban J connectivity index is 1.80. The fraction of sp³-hybridized carbons (Fsp3) is 0.625. The number of nitrogens with zero attached hydrogens (tertiary/aromatic N) is 2. The zero-order chi connectivity index (χ0) is 15.5. The summed E-state index contributed by atoms with van der Waals surface area (Å²) in [6.45, 7) is 9.61. The van der Waals surface area contributed by atoms with Crippen molar-refractivity contribution in [1.29, 1.82) is 0 Å². The van der Waals surface area contributed by atoms with Crippen LogP contribution in [0.4, 0.5) is 4.79 Å². The van der Waals surface area contributed by atoms with Gasteiger partial charge >= 0.3 is 6.09 Å². The number of carbonyl (C=O) groups excluding carboxylic acids is 1. The molecule has 0 bridgehead atoms. The highest BCUT2D eigenvalue weighted by molar-refractivity contribution is 5.68. The normalized spacial score (nSPS) is 18.7. The van der Waals surface area contributed by atoms with Crippen molar-refractivity contribution < 1.29 is 14.3 Å². The zero-order valence-corrected chi connectivity index (χ0v) is 13.3. The topological polar surface area (TPSA) is 51.7 Å². The number of aromatic nitrogens is 1. The van der Waals surface area contributed by atoms with E-state index in [1.807, 2.05) is 39.8 Å². The van der Waals surface area contributed by atoms with Crippen LogP contribution in [0.15, 0.2) is 18.3 Å². The maximum absolute atomic E-state index is 12.0. The van der Waals surface area contributed by atoms with Crippen LogP contribution in [0.5, 0.6) is 5.88 Å². The number of rotatable bonds is 3. The Labute approximate surface area is 126 Å². The molecule has 21 heavy (non-hydrogen) atoms. The molecule has 1 fully saturated rings. The number of ether oxygens (including phenoxy) is 2. The minimum absolute atomic E-state index is 0.237. The Kier molecular flexibility index (Phi) is 4.70. The van der Waals surface area contributed by atoms with Crippen LogP contribution in [-0.2, 0) is 4.74 Å². The van der Waals surface area contributed by atoms with E-state index in [0.29, 0.717) is 24.9 Å². The maximum atomic E-state index is 12.0. The highest BCUT2D eigenvalue weighted by Crippen LogP contribution is 2.21. The molecular weight excluding hydrogens is 268 g/mol. The smallest absolute Gasteiger partial charge is 0.410 e. The van der Waals surface area contributed by atoms with Crippen LogP contribution in [0.25, 0.3) is 0 Å². The van der Waals surface area contributed by atoms with Crippen molar-refractivity contribution in [3.05, 3.63) is 23.9 Å². The lowest BCUT2D eigenvalue weighted by molar-refractivity contribution is 0.0284. The molecule has 1 saturated heterocycles. The lowest BCUT2D eigenvalue weighted by Crippen LogP contribution is -2.35. The van der Waals surface area contributed by atoms with Crippen LogP contribution in [0, 0.1) is 12.8 Å². The van der Waals surface area contributed by atoms with Gasteiger partial charge in [-0.25, -0.2) is 9.78 Å². The zero-order valence-electron chi connectivity index (χ0n) is 13.3. The second kappa shape index (κ2) is 6.33. The van der Waals surface area contributed by atoms with Crippen LogP contribution in [-0.4, -0.2) is 41.3 Å². The number of pyridine rings is 1. The molecule has 0 N–H and O–H groups in total. The van der Waals surface area contributed by atoms with Gasteiger partial charge in [0.05, 0.1) is 6.61 Å². The van der Waals surface area contributed by atoms with Gasteiger partial charge in [0, 0.05) is 30.8 Å². The van der Waals surface area contributed by atoms with E-state index >= 15 is 0 Å². The lowest BCUT2D eigenvalue weighted by Gasteiger charge is -2.24. The quantitative estimate of drug-likeness (QED) is 0.859. The molecular formula is C16H24N2O3. The molecule has 1 aliphatic heterocycles. The van der Waals surface area contributed by atoms with E-state index < -0.39 is 5.60 Å². The predicted octanol–water partition coefficient (Wildman–Crippen LogP) is 3.03. The molecule has 1 amide bonds. The predicted molar refractivity (Wildman–Crippen MR) is 80.4 cm³/mol. The highest BCUT2D eigenvalue weighted by Gasteiger charge is 2.30. The molecule has 5 nitrogen and oxygen atoms in total. The summed E-state index contributed by atoms with van der Waals surface area (Å²) in [6.07, 6.45) is 2.42. The Morgan fingerprint density at radius 3 is 2.90 bits per heavy atom. The molecule has 116 valence electrons. The second-order valence-electron chi connectivity index (χ2n) is 6.52. The van der Waals surface area contributed by atoms with Crippen molar-refractivity contribution in [2.24, 2.45) is 5.92 Å². The van der Waals surface area contributed by atoms with Gasteiger partial charge in [0.25, 0.3) is 0 Å². The van der Waals surface area contributed by atoms with E-state index in [2.05, 4.69) is 4.98 Å². The fourth-order valence-corrected chi connectivity index (χ4v) is 2.28. The van der Waals surface area contributed by atoms with Gasteiger partial charge in [-0.3, -0.25) is 0 Å². The first-order valence-corrected chi connectivity index (χ1v) is 7.37. The summed E-state index contributed by atoms with van der Waals surface area (Å²) in [5.41, 5.74) is 0.580. The summed E-state index contributed by atoms with van der Waals surface area (Å²) in [7, 11) is 0. The van der Waals surface area contributed by atoms with Crippen molar-refractivity contribution >= 4 is 6.09 Å². The highest BCUT2D eigenvalue weighted by atomic mass is 16.6. The average Bonchev–Trinajstić information content (AvgIpc) is 2.85. The Morgan fingerprint density at radius 2 is 2.24 bits per heavy atom. The van der Waals surface area contributed by atoms with Crippen LogP contribution < -0.4 is 4.74 Å². The average molecular weight is 292 g/mol. The number of likely N-dealkylation sites (tertiary alicyclic amines) is 1. The number of aryl methyl sites for hydroxylation is 1. The van der Waals surface area contributed by atoms with Gasteiger partial charge in [-0.05, 0) is 40.2 Å². The number of hydrogen-bond acceptors (Lipinski definition) is 4. The van der Waals surface area contributed by atoms with E-state index in [9.17, 15) is 4.79 Å². The molecule has 0 saturated carbocycles. The third-order valence-corrected chi connectivity index (χ3v) is 3.35. The van der Waals surface area contributed by atoms with E-state index in [1.165, 1.54) is 0 Å². The Bertz CT molecular complexity index is 497. The Hall–Kier alpha value is -1.78. The SMILES string of the molecule is Cc1cccnc1OC[C@H]1CCN(C(=O)OC(C)(C)C)C1. The first-order valence-electron chi connectivity index (χ1n) is 7.37. The standard InChI is InChI=1S/C16H24N2O3/c1-12-6-5-8-17-14(12)20-11-13-7-9-18(10-13)15(19)21-16(2,3)4/h5-6,8,13H,7,9-11H2,1-4H3/t13-/m0/s1.